The van der Waals surface area contributed by atoms with Crippen molar-refractivity contribution in [3.05, 3.63) is 148 Å². The van der Waals surface area contributed by atoms with Crippen LogP contribution in [-0.2, 0) is 37.8 Å². The average molecular weight is 843 g/mol. The third-order valence-electron chi connectivity index (χ3n) is 12.3. The van der Waals surface area contributed by atoms with Gasteiger partial charge in [0.05, 0.1) is 29.3 Å². The first kappa shape index (κ1) is 38.1. The standard InChI is InChI=1S/C24H22N6.C23H22BrN5/c1-4-16-12-17(6-7-19(16)28-23-8-11-30(3)29-23)24(9-5-10-24)22-14-20-21(27-22)13-18(25-2)15-26-20;1-3-15-11-16(5-6-18(15)27-22-7-10-29(2)28-22)23(8-4-9-23)21-13-19-20(26-21)12-17(24)14-25-19/h4,6-8,11-13,15H,1,5,9-10,14H2,3H3,(H,28,29);3,5-7,10-12,14H,1,4,8-9,13H2,2H3,(H,27,28). The smallest absolute Gasteiger partial charge is 0.207 e. The maximum Gasteiger partial charge on any atom is 0.207 e. The van der Waals surface area contributed by atoms with Gasteiger partial charge in [0.2, 0.25) is 5.69 Å². The molecule has 6 heterocycles. The second kappa shape index (κ2) is 15.4. The SMILES string of the molecule is C=Cc1cc(C2(C3=Nc4cc(Br)cnc4C3)CCC2)ccc1Nc1ccn(C)n1.[C-]#[N+]c1cnc2c(c1)N=C(C1(c3ccc(Nc4ccn(C)n4)c(C=C)c3)CCC1)C2. The van der Waals surface area contributed by atoms with Gasteiger partial charge in [0.15, 0.2) is 11.6 Å². The van der Waals surface area contributed by atoms with Crippen molar-refractivity contribution in [2.24, 2.45) is 24.1 Å². The largest absolute Gasteiger partial charge is 0.338 e. The second-order valence-electron chi connectivity index (χ2n) is 15.7. The van der Waals surface area contributed by atoms with Gasteiger partial charge in [-0.15, -0.1) is 0 Å². The molecular formula is C47H44BrN11. The molecule has 0 radical (unpaired) electrons. The van der Waals surface area contributed by atoms with E-state index in [1.807, 2.05) is 63.0 Å². The van der Waals surface area contributed by atoms with Crippen molar-refractivity contribution in [3.63, 3.8) is 0 Å². The zero-order chi connectivity index (χ0) is 40.7. The minimum absolute atomic E-state index is 0.00840. The van der Waals surface area contributed by atoms with Gasteiger partial charge in [0.1, 0.15) is 0 Å². The van der Waals surface area contributed by atoms with Gasteiger partial charge in [-0.1, -0.05) is 50.3 Å². The van der Waals surface area contributed by atoms with Gasteiger partial charge in [0.25, 0.3) is 0 Å². The lowest BCUT2D eigenvalue weighted by Gasteiger charge is -2.43. The Kier molecular flexibility index (Phi) is 9.93. The van der Waals surface area contributed by atoms with E-state index in [0.29, 0.717) is 5.69 Å². The van der Waals surface area contributed by atoms with Crippen LogP contribution < -0.4 is 10.6 Å². The van der Waals surface area contributed by atoms with Crippen molar-refractivity contribution in [3.8, 4) is 0 Å². The summed E-state index contributed by atoms with van der Waals surface area (Å²) in [7, 11) is 3.82. The summed E-state index contributed by atoms with van der Waals surface area (Å²) in [5.74, 6) is 1.64. The van der Waals surface area contributed by atoms with E-state index >= 15 is 0 Å². The van der Waals surface area contributed by atoms with E-state index in [2.05, 4.69) is 107 Å². The molecule has 2 aliphatic carbocycles. The number of halogens is 1. The van der Waals surface area contributed by atoms with Crippen LogP contribution in [-0.4, -0.2) is 41.0 Å². The van der Waals surface area contributed by atoms with E-state index in [4.69, 9.17) is 16.6 Å². The first-order chi connectivity index (χ1) is 28.7. The van der Waals surface area contributed by atoms with Gasteiger partial charge in [-0.25, -0.2) is 4.85 Å². The molecule has 11 nitrogen and oxygen atoms in total. The van der Waals surface area contributed by atoms with Crippen LogP contribution in [0.1, 0.15) is 72.2 Å². The Morgan fingerprint density at radius 2 is 1.19 bits per heavy atom. The fraction of sp³-hybridized carbons (Fsp3) is 0.255. The van der Waals surface area contributed by atoms with Gasteiger partial charge >= 0.3 is 0 Å². The summed E-state index contributed by atoms with van der Waals surface area (Å²) in [4.78, 5) is 22.5. The van der Waals surface area contributed by atoms with E-state index < -0.39 is 0 Å². The van der Waals surface area contributed by atoms with E-state index in [1.165, 1.54) is 35.4 Å². The van der Waals surface area contributed by atoms with E-state index in [9.17, 15) is 0 Å². The molecular weight excluding hydrogens is 798 g/mol. The predicted octanol–water partition coefficient (Wildman–Crippen LogP) is 11.2. The number of aromatic nitrogens is 6. The van der Waals surface area contributed by atoms with Crippen LogP contribution in [0.25, 0.3) is 17.0 Å². The number of hydrogen-bond acceptors (Lipinski definition) is 8. The summed E-state index contributed by atoms with van der Waals surface area (Å²) >= 11 is 3.51. The van der Waals surface area contributed by atoms with Crippen LogP contribution in [0.15, 0.2) is 113 Å². The van der Waals surface area contributed by atoms with Crippen molar-refractivity contribution in [2.45, 2.75) is 62.2 Å². The molecule has 4 aliphatic rings. The van der Waals surface area contributed by atoms with Crippen LogP contribution in [0.2, 0.25) is 0 Å². The van der Waals surface area contributed by atoms with Gasteiger partial charge in [0, 0.05) is 102 Å². The fourth-order valence-corrected chi connectivity index (χ4v) is 9.09. The normalized spacial score (nSPS) is 16.4. The zero-order valence-electron chi connectivity index (χ0n) is 33.2. The third-order valence-corrected chi connectivity index (χ3v) is 12.7. The third kappa shape index (κ3) is 7.10. The van der Waals surface area contributed by atoms with Crippen molar-refractivity contribution >= 4 is 79.6 Å². The minimum Gasteiger partial charge on any atom is -0.338 e. The first-order valence-corrected chi connectivity index (χ1v) is 20.7. The molecule has 0 unspecified atom stereocenters. The molecule has 0 spiro atoms. The number of anilines is 4. The molecule has 0 saturated heterocycles. The average Bonchev–Trinajstić information content (AvgIpc) is 4.02. The van der Waals surface area contributed by atoms with Crippen molar-refractivity contribution in [2.75, 3.05) is 10.6 Å². The predicted molar refractivity (Wildman–Crippen MR) is 241 cm³/mol. The molecule has 2 fully saturated rings. The van der Waals surface area contributed by atoms with Crippen LogP contribution in [0, 0.1) is 6.57 Å². The van der Waals surface area contributed by atoms with Gasteiger partial charge in [-0.2, -0.15) is 10.2 Å². The summed E-state index contributed by atoms with van der Waals surface area (Å²) in [6.07, 6.45) is 19.6. The molecule has 2 N–H and O–H groups in total. The van der Waals surface area contributed by atoms with Crippen molar-refractivity contribution in [1.82, 2.24) is 29.5 Å². The molecule has 59 heavy (non-hydrogen) atoms. The topological polar surface area (TPSA) is 115 Å². The Labute approximate surface area is 352 Å². The molecule has 0 amide bonds. The number of pyridine rings is 2. The van der Waals surface area contributed by atoms with E-state index in [0.717, 1.165) is 99.9 Å². The van der Waals surface area contributed by atoms with Gasteiger partial charge in [-0.05, 0) is 100 Å². The lowest BCUT2D eigenvalue weighted by Crippen LogP contribution is -2.42. The number of aryl methyl sites for hydroxylation is 2. The molecule has 4 aromatic heterocycles. The Morgan fingerprint density at radius 3 is 1.61 bits per heavy atom. The Balaban J connectivity index is 0.000000152. The Hall–Kier alpha value is -6.45. The van der Waals surface area contributed by atoms with Gasteiger partial charge < -0.3 is 10.6 Å². The number of nitrogens with one attached hydrogen (secondary N) is 2. The summed E-state index contributed by atoms with van der Waals surface area (Å²) in [5, 5.41) is 15.6. The number of nitrogens with zero attached hydrogens (tertiary/aromatic N) is 9. The van der Waals surface area contributed by atoms with Crippen LogP contribution in [0.5, 0.6) is 0 Å². The summed E-state index contributed by atoms with van der Waals surface area (Å²) < 4.78 is 4.54. The molecule has 10 rings (SSSR count). The van der Waals surface area contributed by atoms with Crippen LogP contribution in [0.3, 0.4) is 0 Å². The lowest BCUT2D eigenvalue weighted by atomic mass is 9.61. The van der Waals surface area contributed by atoms with E-state index in [-0.39, 0.29) is 10.8 Å². The summed E-state index contributed by atoms with van der Waals surface area (Å²) in [5.41, 5.74) is 13.5. The van der Waals surface area contributed by atoms with Crippen LogP contribution in [0.4, 0.5) is 40.1 Å². The minimum atomic E-state index is -0.0553. The summed E-state index contributed by atoms with van der Waals surface area (Å²) in [6.45, 7) is 15.3. The molecule has 12 heteroatoms. The van der Waals surface area contributed by atoms with Crippen LogP contribution >= 0.6 is 15.9 Å². The Bertz CT molecular complexity index is 2740. The highest BCUT2D eigenvalue weighted by atomic mass is 79.9. The molecule has 294 valence electrons. The molecule has 2 aromatic carbocycles. The number of benzene rings is 2. The molecule has 6 aromatic rings. The highest BCUT2D eigenvalue weighted by Crippen LogP contribution is 2.51. The second-order valence-corrected chi connectivity index (χ2v) is 16.7. The van der Waals surface area contributed by atoms with E-state index in [1.54, 1.807) is 15.6 Å². The monoisotopic (exact) mass is 841 g/mol. The number of aliphatic imine (C=N–C) groups is 2. The maximum atomic E-state index is 7.22. The Morgan fingerprint density at radius 1 is 0.695 bits per heavy atom. The van der Waals surface area contributed by atoms with Crippen molar-refractivity contribution in [1.29, 1.82) is 0 Å². The zero-order valence-corrected chi connectivity index (χ0v) is 34.8. The van der Waals surface area contributed by atoms with Crippen molar-refractivity contribution < 1.29 is 0 Å². The molecule has 0 atom stereocenters. The lowest BCUT2D eigenvalue weighted by molar-refractivity contribution is 0.338. The molecule has 0 bridgehead atoms. The number of rotatable bonds is 10. The molecule has 2 aliphatic heterocycles. The quantitative estimate of drug-likeness (QED) is 0.133. The fourth-order valence-electron chi connectivity index (χ4n) is 8.77. The highest BCUT2D eigenvalue weighted by Gasteiger charge is 2.46. The van der Waals surface area contributed by atoms with Gasteiger partial charge in [-0.3, -0.25) is 29.3 Å². The first-order valence-electron chi connectivity index (χ1n) is 19.9. The number of fused-ring (bicyclic) bond motifs is 2. The molecule has 2 saturated carbocycles. The summed E-state index contributed by atoms with van der Waals surface area (Å²) in [6, 6.07) is 21.0. The maximum absolute atomic E-state index is 7.22. The number of hydrogen-bond donors (Lipinski definition) is 2. The highest BCUT2D eigenvalue weighted by molar-refractivity contribution is 9.10.